The Hall–Kier alpha value is -1.64. The van der Waals surface area contributed by atoms with E-state index in [1.165, 1.54) is 12.7 Å². The van der Waals surface area contributed by atoms with E-state index in [2.05, 4.69) is 29.0 Å². The second-order valence-electron chi connectivity index (χ2n) is 8.22. The first-order chi connectivity index (χ1) is 14.4. The Kier molecular flexibility index (Phi) is 8.13. The van der Waals surface area contributed by atoms with E-state index in [9.17, 15) is 13.2 Å². The second kappa shape index (κ2) is 10.6. The summed E-state index contributed by atoms with van der Waals surface area (Å²) in [5.74, 6) is 0.579. The number of hydrogen-bond donors (Lipinski definition) is 1. The number of rotatable bonds is 7. The van der Waals surface area contributed by atoms with Crippen LogP contribution in [0.4, 0.5) is 4.79 Å². The summed E-state index contributed by atoms with van der Waals surface area (Å²) in [6.45, 7) is 2.47. The highest BCUT2D eigenvalue weighted by Crippen LogP contribution is 2.34. The van der Waals surface area contributed by atoms with Gasteiger partial charge in [0.15, 0.2) is 0 Å². The van der Waals surface area contributed by atoms with Crippen LogP contribution < -0.4 is 4.72 Å². The van der Waals surface area contributed by atoms with Gasteiger partial charge in [-0.2, -0.15) is 0 Å². The van der Waals surface area contributed by atoms with E-state index in [1.54, 1.807) is 11.8 Å². The lowest BCUT2D eigenvalue weighted by Crippen LogP contribution is -2.59. The maximum atomic E-state index is 12.3. The van der Waals surface area contributed by atoms with Gasteiger partial charge in [0.25, 0.3) is 0 Å². The molecule has 1 aliphatic carbocycles. The fourth-order valence-electron chi connectivity index (χ4n) is 4.58. The summed E-state index contributed by atoms with van der Waals surface area (Å²) in [6.07, 6.45) is 5.20. The number of amides is 1. The van der Waals surface area contributed by atoms with Crippen LogP contribution in [0.3, 0.4) is 0 Å². The maximum Gasteiger partial charge on any atom is 0.409 e. The van der Waals surface area contributed by atoms with E-state index in [0.29, 0.717) is 25.5 Å². The molecule has 3 rings (SSSR count). The molecule has 2 aliphatic rings. The summed E-state index contributed by atoms with van der Waals surface area (Å²) in [7, 11) is -2.02. The number of piperidine rings is 1. The largest absolute Gasteiger partial charge is 0.453 e. The Balaban J connectivity index is 1.60. The van der Waals surface area contributed by atoms with Crippen LogP contribution in [-0.4, -0.2) is 63.6 Å². The van der Waals surface area contributed by atoms with E-state index in [0.717, 1.165) is 32.1 Å². The Bertz CT molecular complexity index is 778. The molecule has 0 unspecified atom stereocenters. The number of carbonyl (C=O) groups is 1. The fourth-order valence-corrected chi connectivity index (χ4v) is 5.48. The van der Waals surface area contributed by atoms with E-state index in [-0.39, 0.29) is 23.9 Å². The monoisotopic (exact) mass is 438 g/mol. The van der Waals surface area contributed by atoms with Crippen molar-refractivity contribution < 1.29 is 22.7 Å². The number of ether oxygens (including phenoxy) is 2. The molecule has 0 bridgehead atoms. The van der Waals surface area contributed by atoms with Gasteiger partial charge in [-0.3, -0.25) is 0 Å². The van der Waals surface area contributed by atoms with Gasteiger partial charge in [-0.05, 0) is 56.9 Å². The van der Waals surface area contributed by atoms with Gasteiger partial charge in [-0.15, -0.1) is 0 Å². The zero-order valence-corrected chi connectivity index (χ0v) is 18.8. The van der Waals surface area contributed by atoms with Gasteiger partial charge in [-0.1, -0.05) is 30.3 Å². The molecule has 1 saturated heterocycles. The minimum Gasteiger partial charge on any atom is -0.453 e. The standard InChI is InChI=1S/C22H34N2O5S/c1-3-30(26,27)23-20-10-7-15-24(22(25)28-2)21(20)16-29-19-13-11-18(12-14-19)17-8-5-4-6-9-17/h4-6,8-9,18-21,23H,3,7,10-16H2,1-2H3/t18-,19+,20-,21-/m0/s1. The molecule has 168 valence electrons. The Labute approximate surface area is 180 Å². The summed E-state index contributed by atoms with van der Waals surface area (Å²) in [4.78, 5) is 13.9. The van der Waals surface area contributed by atoms with Gasteiger partial charge >= 0.3 is 6.09 Å². The van der Waals surface area contributed by atoms with Crippen LogP contribution in [0, 0.1) is 0 Å². The predicted octanol–water partition coefficient (Wildman–Crippen LogP) is 3.27. The zero-order valence-electron chi connectivity index (χ0n) is 18.0. The van der Waals surface area contributed by atoms with Crippen LogP contribution in [0.25, 0.3) is 0 Å². The van der Waals surface area contributed by atoms with Gasteiger partial charge in [0, 0.05) is 12.6 Å². The highest BCUT2D eigenvalue weighted by molar-refractivity contribution is 7.89. The normalized spacial score (nSPS) is 27.6. The Morgan fingerprint density at radius 2 is 1.83 bits per heavy atom. The SMILES string of the molecule is CCS(=O)(=O)N[C@H]1CCCN(C(=O)OC)[C@H]1CO[C@H]1CC[C@@H](c2ccccc2)CC1. The zero-order chi connectivity index (χ0) is 21.6. The van der Waals surface area contributed by atoms with Gasteiger partial charge in [0.05, 0.1) is 31.6 Å². The van der Waals surface area contributed by atoms with Gasteiger partial charge in [-0.25, -0.2) is 17.9 Å². The van der Waals surface area contributed by atoms with Crippen molar-refractivity contribution in [2.24, 2.45) is 0 Å². The molecule has 1 N–H and O–H groups in total. The minimum atomic E-state index is -3.37. The van der Waals surface area contributed by atoms with Crippen LogP contribution in [0.15, 0.2) is 30.3 Å². The van der Waals surface area contributed by atoms with E-state index in [4.69, 9.17) is 9.47 Å². The molecule has 1 aliphatic heterocycles. The second-order valence-corrected chi connectivity index (χ2v) is 10.3. The first kappa shape index (κ1) is 23.0. The van der Waals surface area contributed by atoms with Crippen LogP contribution in [0.5, 0.6) is 0 Å². The van der Waals surface area contributed by atoms with Crippen LogP contribution in [-0.2, 0) is 19.5 Å². The van der Waals surface area contributed by atoms with E-state index in [1.807, 2.05) is 6.07 Å². The summed E-state index contributed by atoms with van der Waals surface area (Å²) in [6, 6.07) is 9.86. The third-order valence-electron chi connectivity index (χ3n) is 6.35. The quantitative estimate of drug-likeness (QED) is 0.706. The molecule has 1 amide bonds. The molecule has 0 aromatic heterocycles. The number of hydrogen-bond acceptors (Lipinski definition) is 5. The smallest absolute Gasteiger partial charge is 0.409 e. The highest BCUT2D eigenvalue weighted by Gasteiger charge is 2.37. The molecule has 2 atom stereocenters. The van der Waals surface area contributed by atoms with Crippen molar-refractivity contribution in [3.8, 4) is 0 Å². The summed E-state index contributed by atoms with van der Waals surface area (Å²) >= 11 is 0. The van der Waals surface area contributed by atoms with Gasteiger partial charge < -0.3 is 14.4 Å². The third-order valence-corrected chi connectivity index (χ3v) is 7.77. The number of nitrogens with one attached hydrogen (secondary N) is 1. The van der Waals surface area contributed by atoms with Crippen molar-refractivity contribution in [3.05, 3.63) is 35.9 Å². The Morgan fingerprint density at radius 1 is 1.13 bits per heavy atom. The Morgan fingerprint density at radius 3 is 2.47 bits per heavy atom. The molecule has 1 heterocycles. The highest BCUT2D eigenvalue weighted by atomic mass is 32.2. The van der Waals surface area contributed by atoms with E-state index < -0.39 is 16.1 Å². The molecule has 1 aromatic rings. The van der Waals surface area contributed by atoms with Crippen molar-refractivity contribution >= 4 is 16.1 Å². The number of nitrogens with zero attached hydrogens (tertiary/aromatic N) is 1. The average Bonchev–Trinajstić information content (AvgIpc) is 2.78. The molecule has 8 heteroatoms. The maximum absolute atomic E-state index is 12.3. The number of carbonyl (C=O) groups excluding carboxylic acids is 1. The van der Waals surface area contributed by atoms with Crippen molar-refractivity contribution in [1.82, 2.24) is 9.62 Å². The lowest BCUT2D eigenvalue weighted by Gasteiger charge is -2.41. The van der Waals surface area contributed by atoms with Crippen LogP contribution in [0.1, 0.15) is 56.9 Å². The molecule has 0 radical (unpaired) electrons. The minimum absolute atomic E-state index is 0.0127. The first-order valence-corrected chi connectivity index (χ1v) is 12.6. The third kappa shape index (κ3) is 5.95. The number of sulfonamides is 1. The van der Waals surface area contributed by atoms with Gasteiger partial charge in [0.1, 0.15) is 0 Å². The molecule has 0 spiro atoms. The molecule has 30 heavy (non-hydrogen) atoms. The molecule has 1 saturated carbocycles. The van der Waals surface area contributed by atoms with Crippen LogP contribution in [0.2, 0.25) is 0 Å². The first-order valence-electron chi connectivity index (χ1n) is 10.9. The molecule has 7 nitrogen and oxygen atoms in total. The van der Waals surface area contributed by atoms with E-state index >= 15 is 0 Å². The van der Waals surface area contributed by atoms with Crippen molar-refractivity contribution in [2.75, 3.05) is 26.0 Å². The topological polar surface area (TPSA) is 84.9 Å². The average molecular weight is 439 g/mol. The summed E-state index contributed by atoms with van der Waals surface area (Å²) in [5, 5.41) is 0. The predicted molar refractivity (Wildman–Crippen MR) is 116 cm³/mol. The van der Waals surface area contributed by atoms with Gasteiger partial charge in [0.2, 0.25) is 10.0 Å². The van der Waals surface area contributed by atoms with Crippen molar-refractivity contribution in [1.29, 1.82) is 0 Å². The lowest BCUT2D eigenvalue weighted by atomic mass is 9.83. The fraction of sp³-hybridized carbons (Fsp3) is 0.682. The number of methoxy groups -OCH3 is 1. The number of benzene rings is 1. The van der Waals surface area contributed by atoms with Crippen LogP contribution >= 0.6 is 0 Å². The van der Waals surface area contributed by atoms with Crippen molar-refractivity contribution in [3.63, 3.8) is 0 Å². The molecule has 1 aromatic carbocycles. The van der Waals surface area contributed by atoms with Crippen molar-refractivity contribution in [2.45, 2.75) is 69.6 Å². The summed E-state index contributed by atoms with van der Waals surface area (Å²) < 4.78 is 38.2. The lowest BCUT2D eigenvalue weighted by molar-refractivity contribution is -0.0245. The molecule has 2 fully saturated rings. The molecular formula is C22H34N2O5S. The molecular weight excluding hydrogens is 404 g/mol. The summed E-state index contributed by atoms with van der Waals surface area (Å²) in [5.41, 5.74) is 1.38. The number of likely N-dealkylation sites (tertiary alicyclic amines) is 1.